The molecule has 1 fully saturated rings. The van der Waals surface area contributed by atoms with Crippen LogP contribution in [-0.4, -0.2) is 26.8 Å². The van der Waals surface area contributed by atoms with Gasteiger partial charge in [-0.15, -0.1) is 34.2 Å². The normalized spacial score (nSPS) is 20.6. The Hall–Kier alpha value is -1.64. The Morgan fingerprint density at radius 1 is 1.32 bits per heavy atom. The standard InChI is InChI=1S/C18H26N6.HI/c1-12-10-16(12)21-18(19-11-17-23-22-14(3)24(17)4)20-13(2)15-8-6-5-7-9-15;/h5-9,12-13,16H,10-11H2,1-4H3,(H2,19,20,21);1H. The van der Waals surface area contributed by atoms with Gasteiger partial charge < -0.3 is 15.2 Å². The van der Waals surface area contributed by atoms with E-state index in [1.807, 2.05) is 24.6 Å². The lowest BCUT2D eigenvalue weighted by atomic mass is 10.1. The predicted molar refractivity (Wildman–Crippen MR) is 111 cm³/mol. The van der Waals surface area contributed by atoms with E-state index >= 15 is 0 Å². The van der Waals surface area contributed by atoms with E-state index in [-0.39, 0.29) is 30.0 Å². The van der Waals surface area contributed by atoms with Crippen LogP contribution in [0, 0.1) is 12.8 Å². The zero-order chi connectivity index (χ0) is 17.1. The summed E-state index contributed by atoms with van der Waals surface area (Å²) in [6, 6.07) is 11.1. The van der Waals surface area contributed by atoms with Crippen LogP contribution in [0.15, 0.2) is 35.3 Å². The SMILES string of the molecule is Cc1nnc(CN=C(NC(C)c2ccccc2)NC2CC2C)n1C.I. The van der Waals surface area contributed by atoms with Crippen LogP contribution in [0.4, 0.5) is 0 Å². The monoisotopic (exact) mass is 454 g/mol. The van der Waals surface area contributed by atoms with E-state index in [9.17, 15) is 0 Å². The van der Waals surface area contributed by atoms with Gasteiger partial charge in [0.25, 0.3) is 0 Å². The summed E-state index contributed by atoms with van der Waals surface area (Å²) < 4.78 is 1.97. The maximum atomic E-state index is 4.72. The number of hydrogen-bond acceptors (Lipinski definition) is 3. The van der Waals surface area contributed by atoms with Crippen molar-refractivity contribution in [2.24, 2.45) is 18.0 Å². The van der Waals surface area contributed by atoms with E-state index in [4.69, 9.17) is 4.99 Å². The van der Waals surface area contributed by atoms with Gasteiger partial charge in [0.1, 0.15) is 12.4 Å². The molecule has 6 nitrogen and oxygen atoms in total. The average molecular weight is 454 g/mol. The molecular weight excluding hydrogens is 427 g/mol. The number of rotatable bonds is 5. The zero-order valence-electron chi connectivity index (χ0n) is 15.2. The Morgan fingerprint density at radius 2 is 2.00 bits per heavy atom. The highest BCUT2D eigenvalue weighted by Gasteiger charge is 2.33. The second-order valence-electron chi connectivity index (χ2n) is 6.63. The molecule has 1 aliphatic rings. The molecule has 0 saturated heterocycles. The minimum atomic E-state index is 0. The minimum absolute atomic E-state index is 0. The highest BCUT2D eigenvalue weighted by molar-refractivity contribution is 14.0. The fourth-order valence-corrected chi connectivity index (χ4v) is 2.60. The fourth-order valence-electron chi connectivity index (χ4n) is 2.60. The molecule has 2 aromatic rings. The summed E-state index contributed by atoms with van der Waals surface area (Å²) in [5.74, 6) is 3.31. The molecule has 0 aliphatic heterocycles. The molecule has 1 aliphatic carbocycles. The smallest absolute Gasteiger partial charge is 0.192 e. The number of aryl methyl sites for hydroxylation is 1. The molecule has 0 bridgehead atoms. The molecule has 25 heavy (non-hydrogen) atoms. The van der Waals surface area contributed by atoms with E-state index in [0.29, 0.717) is 18.5 Å². The van der Waals surface area contributed by atoms with Crippen molar-refractivity contribution >= 4 is 29.9 Å². The Labute approximate surface area is 166 Å². The molecule has 3 unspecified atom stereocenters. The van der Waals surface area contributed by atoms with E-state index in [2.05, 4.69) is 58.9 Å². The van der Waals surface area contributed by atoms with Crippen LogP contribution in [0.5, 0.6) is 0 Å². The van der Waals surface area contributed by atoms with Gasteiger partial charge in [0.15, 0.2) is 11.8 Å². The maximum absolute atomic E-state index is 4.72. The summed E-state index contributed by atoms with van der Waals surface area (Å²) in [5.41, 5.74) is 1.24. The molecule has 3 rings (SSSR count). The molecule has 0 amide bonds. The first-order valence-electron chi connectivity index (χ1n) is 8.52. The Bertz CT molecular complexity index is 712. The third-order valence-electron chi connectivity index (χ3n) is 4.65. The van der Waals surface area contributed by atoms with E-state index in [1.165, 1.54) is 12.0 Å². The van der Waals surface area contributed by atoms with Gasteiger partial charge in [-0.1, -0.05) is 37.3 Å². The predicted octanol–water partition coefficient (Wildman–Crippen LogP) is 2.95. The molecule has 0 radical (unpaired) electrons. The maximum Gasteiger partial charge on any atom is 0.192 e. The Balaban J connectivity index is 0.00000225. The van der Waals surface area contributed by atoms with Crippen molar-refractivity contribution < 1.29 is 0 Å². The lowest BCUT2D eigenvalue weighted by Gasteiger charge is -2.18. The third kappa shape index (κ3) is 5.17. The molecule has 136 valence electrons. The summed E-state index contributed by atoms with van der Waals surface area (Å²) in [6.45, 7) is 6.85. The van der Waals surface area contributed by atoms with Crippen LogP contribution in [-0.2, 0) is 13.6 Å². The van der Waals surface area contributed by atoms with Crippen LogP contribution in [0.1, 0.15) is 43.5 Å². The van der Waals surface area contributed by atoms with E-state index < -0.39 is 0 Å². The number of benzene rings is 1. The van der Waals surface area contributed by atoms with Gasteiger partial charge in [0.2, 0.25) is 0 Å². The third-order valence-corrected chi connectivity index (χ3v) is 4.65. The average Bonchev–Trinajstić information content (AvgIpc) is 3.19. The number of guanidine groups is 1. The molecule has 7 heteroatoms. The molecule has 3 atom stereocenters. The van der Waals surface area contributed by atoms with Crippen molar-refractivity contribution in [3.8, 4) is 0 Å². The molecule has 0 spiro atoms. The fraction of sp³-hybridized carbons (Fsp3) is 0.500. The van der Waals surface area contributed by atoms with Gasteiger partial charge >= 0.3 is 0 Å². The van der Waals surface area contributed by atoms with Gasteiger partial charge in [-0.2, -0.15) is 0 Å². The number of halogens is 1. The number of aromatic nitrogens is 3. The van der Waals surface area contributed by atoms with E-state index in [1.54, 1.807) is 0 Å². The number of nitrogens with zero attached hydrogens (tertiary/aromatic N) is 4. The van der Waals surface area contributed by atoms with Crippen molar-refractivity contribution in [1.82, 2.24) is 25.4 Å². The summed E-state index contributed by atoms with van der Waals surface area (Å²) >= 11 is 0. The van der Waals surface area contributed by atoms with Crippen molar-refractivity contribution in [2.45, 2.75) is 45.8 Å². The second-order valence-corrected chi connectivity index (χ2v) is 6.63. The van der Waals surface area contributed by atoms with Crippen LogP contribution < -0.4 is 10.6 Å². The molecule has 1 aromatic carbocycles. The van der Waals surface area contributed by atoms with Crippen LogP contribution in [0.2, 0.25) is 0 Å². The first-order chi connectivity index (χ1) is 11.5. The van der Waals surface area contributed by atoms with Crippen molar-refractivity contribution in [3.63, 3.8) is 0 Å². The van der Waals surface area contributed by atoms with Crippen molar-refractivity contribution in [3.05, 3.63) is 47.5 Å². The second kappa shape index (κ2) is 8.64. The largest absolute Gasteiger partial charge is 0.353 e. The molecule has 2 N–H and O–H groups in total. The van der Waals surface area contributed by atoms with Gasteiger partial charge in [-0.05, 0) is 31.7 Å². The summed E-state index contributed by atoms with van der Waals surface area (Å²) in [5, 5.41) is 15.3. The molecule has 1 aromatic heterocycles. The van der Waals surface area contributed by atoms with Crippen LogP contribution in [0.3, 0.4) is 0 Å². The minimum Gasteiger partial charge on any atom is -0.353 e. The summed E-state index contributed by atoms with van der Waals surface area (Å²) in [7, 11) is 1.97. The number of hydrogen-bond donors (Lipinski definition) is 2. The highest BCUT2D eigenvalue weighted by Crippen LogP contribution is 2.29. The van der Waals surface area contributed by atoms with Crippen LogP contribution >= 0.6 is 24.0 Å². The molecule has 1 saturated carbocycles. The molecular formula is C18H27IN6. The lowest BCUT2D eigenvalue weighted by Crippen LogP contribution is -2.40. The van der Waals surface area contributed by atoms with Crippen molar-refractivity contribution in [1.29, 1.82) is 0 Å². The summed E-state index contributed by atoms with van der Waals surface area (Å²) in [4.78, 5) is 4.72. The van der Waals surface area contributed by atoms with Gasteiger partial charge in [0.05, 0.1) is 6.04 Å². The topological polar surface area (TPSA) is 67.1 Å². The first-order valence-corrected chi connectivity index (χ1v) is 8.52. The summed E-state index contributed by atoms with van der Waals surface area (Å²) in [6.07, 6.45) is 1.20. The quantitative estimate of drug-likeness (QED) is 0.414. The first kappa shape index (κ1) is 19.7. The van der Waals surface area contributed by atoms with Crippen LogP contribution in [0.25, 0.3) is 0 Å². The van der Waals surface area contributed by atoms with Gasteiger partial charge in [0, 0.05) is 13.1 Å². The van der Waals surface area contributed by atoms with Gasteiger partial charge in [-0.25, -0.2) is 4.99 Å². The molecule has 1 heterocycles. The zero-order valence-corrected chi connectivity index (χ0v) is 17.6. The Kier molecular flexibility index (Phi) is 6.80. The highest BCUT2D eigenvalue weighted by atomic mass is 127. The number of aliphatic imine (C=N–C) groups is 1. The van der Waals surface area contributed by atoms with Crippen molar-refractivity contribution in [2.75, 3.05) is 0 Å². The van der Waals surface area contributed by atoms with Gasteiger partial charge in [-0.3, -0.25) is 0 Å². The Morgan fingerprint density at radius 3 is 2.56 bits per heavy atom. The number of nitrogens with one attached hydrogen (secondary N) is 2. The van der Waals surface area contributed by atoms with E-state index in [0.717, 1.165) is 17.6 Å². The lowest BCUT2D eigenvalue weighted by molar-refractivity contribution is 0.667.